The summed E-state index contributed by atoms with van der Waals surface area (Å²) in [5.41, 5.74) is 2.24. The van der Waals surface area contributed by atoms with Crippen molar-refractivity contribution in [1.82, 2.24) is 5.43 Å². The molecule has 0 saturated carbocycles. The van der Waals surface area contributed by atoms with Gasteiger partial charge in [0.1, 0.15) is 5.56 Å². The SMILES string of the molecule is COc1ccc(/C=N/NC(=O)c2ccc([N+](=O)[O-])cc2)c(C(=O)O)c1OC. The highest BCUT2D eigenvalue weighted by Crippen LogP contribution is 2.32. The van der Waals surface area contributed by atoms with E-state index in [0.717, 1.165) is 6.21 Å². The minimum Gasteiger partial charge on any atom is -0.493 e. The van der Waals surface area contributed by atoms with Crippen molar-refractivity contribution in [2.45, 2.75) is 0 Å². The van der Waals surface area contributed by atoms with Gasteiger partial charge >= 0.3 is 5.97 Å². The molecule has 2 aromatic rings. The van der Waals surface area contributed by atoms with Crippen LogP contribution in [-0.2, 0) is 0 Å². The lowest BCUT2D eigenvalue weighted by Crippen LogP contribution is -2.18. The molecule has 0 fully saturated rings. The van der Waals surface area contributed by atoms with Gasteiger partial charge in [0.05, 0.1) is 25.4 Å². The van der Waals surface area contributed by atoms with Crippen molar-refractivity contribution in [1.29, 1.82) is 0 Å². The van der Waals surface area contributed by atoms with Crippen LogP contribution in [0.5, 0.6) is 11.5 Å². The lowest BCUT2D eigenvalue weighted by Gasteiger charge is -2.12. The van der Waals surface area contributed by atoms with Crippen LogP contribution in [0, 0.1) is 10.1 Å². The lowest BCUT2D eigenvalue weighted by molar-refractivity contribution is -0.384. The van der Waals surface area contributed by atoms with E-state index in [0.29, 0.717) is 0 Å². The van der Waals surface area contributed by atoms with E-state index in [1.807, 2.05) is 0 Å². The van der Waals surface area contributed by atoms with Crippen molar-refractivity contribution in [2.24, 2.45) is 5.10 Å². The van der Waals surface area contributed by atoms with Crippen molar-refractivity contribution in [3.8, 4) is 11.5 Å². The highest BCUT2D eigenvalue weighted by atomic mass is 16.6. The number of nitrogens with one attached hydrogen (secondary N) is 1. The second kappa shape index (κ2) is 8.43. The number of carbonyl (C=O) groups is 2. The molecular formula is C17H15N3O7. The maximum atomic E-state index is 12.0. The van der Waals surface area contributed by atoms with Gasteiger partial charge in [-0.2, -0.15) is 5.10 Å². The highest BCUT2D eigenvalue weighted by Gasteiger charge is 2.20. The fourth-order valence-corrected chi connectivity index (χ4v) is 2.23. The summed E-state index contributed by atoms with van der Waals surface area (Å²) in [7, 11) is 2.68. The Hall–Kier alpha value is -3.95. The number of nitro benzene ring substituents is 1. The first-order valence-corrected chi connectivity index (χ1v) is 7.45. The van der Waals surface area contributed by atoms with Crippen molar-refractivity contribution in [2.75, 3.05) is 14.2 Å². The summed E-state index contributed by atoms with van der Waals surface area (Å²) < 4.78 is 10.1. The van der Waals surface area contributed by atoms with Crippen LogP contribution >= 0.6 is 0 Å². The van der Waals surface area contributed by atoms with Gasteiger partial charge in [-0.05, 0) is 24.3 Å². The van der Waals surface area contributed by atoms with Gasteiger partial charge < -0.3 is 14.6 Å². The molecule has 10 nitrogen and oxygen atoms in total. The molecule has 2 N–H and O–H groups in total. The first-order chi connectivity index (χ1) is 12.9. The number of nitro groups is 1. The van der Waals surface area contributed by atoms with Crippen LogP contribution < -0.4 is 14.9 Å². The van der Waals surface area contributed by atoms with Gasteiger partial charge in [-0.3, -0.25) is 14.9 Å². The van der Waals surface area contributed by atoms with Gasteiger partial charge in [0, 0.05) is 23.3 Å². The van der Waals surface area contributed by atoms with Crippen LogP contribution in [0.2, 0.25) is 0 Å². The molecule has 0 aliphatic carbocycles. The van der Waals surface area contributed by atoms with Crippen LogP contribution in [0.15, 0.2) is 41.5 Å². The molecule has 0 atom stereocenters. The molecule has 0 bridgehead atoms. The summed E-state index contributed by atoms with van der Waals surface area (Å²) in [4.78, 5) is 33.6. The molecule has 0 saturated heterocycles. The van der Waals surface area contributed by atoms with Gasteiger partial charge in [-0.25, -0.2) is 10.2 Å². The zero-order valence-electron chi connectivity index (χ0n) is 14.3. The molecular weight excluding hydrogens is 358 g/mol. The Kier molecular flexibility index (Phi) is 6.05. The van der Waals surface area contributed by atoms with Crippen molar-refractivity contribution < 1.29 is 29.1 Å². The molecule has 0 aliphatic heterocycles. The maximum absolute atomic E-state index is 12.0. The zero-order valence-corrected chi connectivity index (χ0v) is 14.3. The predicted molar refractivity (Wildman–Crippen MR) is 94.7 cm³/mol. The number of ether oxygens (including phenoxy) is 2. The average molecular weight is 373 g/mol. The topological polar surface area (TPSA) is 140 Å². The standard InChI is InChI=1S/C17H15N3O7/c1-26-13-8-5-11(14(17(22)23)15(13)27-2)9-18-19-16(21)10-3-6-12(7-4-10)20(24)25/h3-9H,1-2H3,(H,19,21)(H,22,23)/b18-9+. The molecule has 0 aliphatic rings. The largest absolute Gasteiger partial charge is 0.493 e. The number of nitrogens with zero attached hydrogens (tertiary/aromatic N) is 2. The van der Waals surface area contributed by atoms with Crippen LogP contribution in [0.3, 0.4) is 0 Å². The van der Waals surface area contributed by atoms with E-state index in [4.69, 9.17) is 9.47 Å². The molecule has 140 valence electrons. The molecule has 27 heavy (non-hydrogen) atoms. The number of rotatable bonds is 7. The second-order valence-electron chi connectivity index (χ2n) is 5.07. The Morgan fingerprint density at radius 1 is 1.15 bits per heavy atom. The van der Waals surface area contributed by atoms with E-state index in [1.165, 1.54) is 50.6 Å². The Morgan fingerprint density at radius 2 is 1.81 bits per heavy atom. The average Bonchev–Trinajstić information content (AvgIpc) is 2.66. The number of non-ortho nitro benzene ring substituents is 1. The van der Waals surface area contributed by atoms with Crippen molar-refractivity contribution >= 4 is 23.8 Å². The fraction of sp³-hybridized carbons (Fsp3) is 0.118. The number of carboxylic acid groups (broad SMARTS) is 1. The fourth-order valence-electron chi connectivity index (χ4n) is 2.23. The molecule has 10 heteroatoms. The number of carbonyl (C=O) groups excluding carboxylic acids is 1. The summed E-state index contributed by atoms with van der Waals surface area (Å²) >= 11 is 0. The summed E-state index contributed by atoms with van der Waals surface area (Å²) in [6.45, 7) is 0. The lowest BCUT2D eigenvalue weighted by atomic mass is 10.1. The summed E-state index contributed by atoms with van der Waals surface area (Å²) in [6, 6.07) is 7.90. The third kappa shape index (κ3) is 4.37. The molecule has 0 radical (unpaired) electrons. The van der Waals surface area contributed by atoms with Crippen LogP contribution in [0.25, 0.3) is 0 Å². The zero-order chi connectivity index (χ0) is 20.0. The Bertz CT molecular complexity index is 907. The van der Waals surface area contributed by atoms with Gasteiger partial charge in [-0.15, -0.1) is 0 Å². The number of amides is 1. The maximum Gasteiger partial charge on any atom is 0.340 e. The minimum absolute atomic E-state index is 0.0237. The third-order valence-corrected chi connectivity index (χ3v) is 3.50. The quantitative estimate of drug-likeness (QED) is 0.430. The predicted octanol–water partition coefficient (Wildman–Crippen LogP) is 2.07. The summed E-state index contributed by atoms with van der Waals surface area (Å²) in [6.07, 6.45) is 1.15. The number of methoxy groups -OCH3 is 2. The smallest absolute Gasteiger partial charge is 0.340 e. The number of hydrazone groups is 1. The molecule has 0 unspecified atom stereocenters. The van der Waals surface area contributed by atoms with E-state index in [2.05, 4.69) is 10.5 Å². The minimum atomic E-state index is -1.26. The molecule has 1 amide bonds. The molecule has 0 spiro atoms. The van der Waals surface area contributed by atoms with E-state index in [-0.39, 0.29) is 33.9 Å². The van der Waals surface area contributed by atoms with Crippen LogP contribution in [0.4, 0.5) is 5.69 Å². The van der Waals surface area contributed by atoms with Crippen LogP contribution in [0.1, 0.15) is 26.3 Å². The van der Waals surface area contributed by atoms with Crippen molar-refractivity contribution in [3.63, 3.8) is 0 Å². The number of hydrogen-bond acceptors (Lipinski definition) is 7. The van der Waals surface area contributed by atoms with Gasteiger partial charge in [-0.1, -0.05) is 0 Å². The number of benzene rings is 2. The molecule has 0 heterocycles. The molecule has 2 rings (SSSR count). The van der Waals surface area contributed by atoms with Gasteiger partial charge in [0.15, 0.2) is 11.5 Å². The third-order valence-electron chi connectivity index (χ3n) is 3.50. The summed E-state index contributed by atoms with van der Waals surface area (Å²) in [5.74, 6) is -1.61. The number of hydrogen-bond donors (Lipinski definition) is 2. The normalized spacial score (nSPS) is 10.4. The molecule has 2 aromatic carbocycles. The van der Waals surface area contributed by atoms with E-state index >= 15 is 0 Å². The monoisotopic (exact) mass is 373 g/mol. The second-order valence-corrected chi connectivity index (χ2v) is 5.07. The van der Waals surface area contributed by atoms with E-state index in [1.54, 1.807) is 0 Å². The Labute approximate surface area is 153 Å². The van der Waals surface area contributed by atoms with Crippen LogP contribution in [-0.4, -0.2) is 42.3 Å². The Balaban J connectivity index is 2.21. The summed E-state index contributed by atoms with van der Waals surface area (Å²) in [5, 5.41) is 23.8. The van der Waals surface area contributed by atoms with Gasteiger partial charge in [0.2, 0.25) is 0 Å². The first-order valence-electron chi connectivity index (χ1n) is 7.45. The first kappa shape index (κ1) is 19.4. The van der Waals surface area contributed by atoms with E-state index in [9.17, 15) is 24.8 Å². The van der Waals surface area contributed by atoms with E-state index < -0.39 is 16.8 Å². The van der Waals surface area contributed by atoms with Crippen molar-refractivity contribution in [3.05, 3.63) is 63.2 Å². The van der Waals surface area contributed by atoms with Gasteiger partial charge in [0.25, 0.3) is 11.6 Å². The Morgan fingerprint density at radius 3 is 2.33 bits per heavy atom. The number of carboxylic acids is 1. The highest BCUT2D eigenvalue weighted by molar-refractivity contribution is 6.02. The number of aromatic carboxylic acids is 1. The molecule has 0 aromatic heterocycles.